The van der Waals surface area contributed by atoms with E-state index >= 15 is 0 Å². The summed E-state index contributed by atoms with van der Waals surface area (Å²) in [4.78, 5) is 12.5. The molecule has 0 saturated heterocycles. The number of hydrogen-bond acceptors (Lipinski definition) is 5. The van der Waals surface area contributed by atoms with E-state index in [0.717, 1.165) is 0 Å². The molecule has 0 heterocycles. The van der Waals surface area contributed by atoms with Crippen molar-refractivity contribution >= 4 is 5.78 Å². The number of benzene rings is 1. The van der Waals surface area contributed by atoms with Crippen LogP contribution >= 0.6 is 0 Å². The molecule has 0 amide bonds. The van der Waals surface area contributed by atoms with Gasteiger partial charge in [-0.15, -0.1) is 0 Å². The number of methoxy groups -OCH3 is 3. The summed E-state index contributed by atoms with van der Waals surface area (Å²) in [5.74, 6) is 0.908. The van der Waals surface area contributed by atoms with E-state index < -0.39 is 0 Å². The number of Topliss-reactive ketones (excluding diaryl/α,β-unsaturated/α-hetero) is 1. The topological polar surface area (TPSA) is 70.8 Å². The van der Waals surface area contributed by atoms with E-state index in [0.29, 0.717) is 28.5 Å². The van der Waals surface area contributed by atoms with Gasteiger partial charge < -0.3 is 19.9 Å². The molecule has 0 unspecified atom stereocenters. The van der Waals surface area contributed by atoms with Crippen molar-refractivity contribution in [1.29, 1.82) is 0 Å². The molecule has 0 aliphatic heterocycles. The standard InChI is InChI=1S/C17H21NO4/c1-6-7-8-13(18)11(2)16(19)12-9-14(20-3)17(22-5)15(10-12)21-4/h6-10H,2,18H2,1,3-5H3/b7-6-,13-8+. The highest BCUT2D eigenvalue weighted by Gasteiger charge is 2.19. The summed E-state index contributed by atoms with van der Waals surface area (Å²) in [6.45, 7) is 5.60. The lowest BCUT2D eigenvalue weighted by Gasteiger charge is -2.14. The lowest BCUT2D eigenvalue weighted by Crippen LogP contribution is -2.11. The summed E-state index contributed by atoms with van der Waals surface area (Å²) in [7, 11) is 4.47. The average molecular weight is 303 g/mol. The van der Waals surface area contributed by atoms with Gasteiger partial charge in [0.2, 0.25) is 5.75 Å². The number of rotatable bonds is 7. The Balaban J connectivity index is 3.26. The van der Waals surface area contributed by atoms with E-state index in [1.807, 2.05) is 13.0 Å². The van der Waals surface area contributed by atoms with Crippen LogP contribution in [0, 0.1) is 0 Å². The Labute approximate surface area is 130 Å². The highest BCUT2D eigenvalue weighted by atomic mass is 16.5. The minimum Gasteiger partial charge on any atom is -0.493 e. The Kier molecular flexibility index (Phi) is 6.25. The van der Waals surface area contributed by atoms with Gasteiger partial charge in [-0.2, -0.15) is 0 Å². The zero-order chi connectivity index (χ0) is 16.7. The molecule has 0 aliphatic rings. The second-order valence-electron chi connectivity index (χ2n) is 4.37. The van der Waals surface area contributed by atoms with Gasteiger partial charge in [-0.3, -0.25) is 4.79 Å². The molecule has 0 fully saturated rings. The molecule has 0 saturated carbocycles. The molecular formula is C17H21NO4. The molecule has 5 nitrogen and oxygen atoms in total. The van der Waals surface area contributed by atoms with Crippen LogP contribution in [0.25, 0.3) is 0 Å². The van der Waals surface area contributed by atoms with Crippen molar-refractivity contribution in [3.63, 3.8) is 0 Å². The average Bonchev–Trinajstić information content (AvgIpc) is 2.56. The van der Waals surface area contributed by atoms with Crippen molar-refractivity contribution in [2.45, 2.75) is 6.92 Å². The van der Waals surface area contributed by atoms with Gasteiger partial charge >= 0.3 is 0 Å². The lowest BCUT2D eigenvalue weighted by atomic mass is 10.0. The van der Waals surface area contributed by atoms with Crippen LogP contribution in [0.4, 0.5) is 0 Å². The Morgan fingerprint density at radius 1 is 1.14 bits per heavy atom. The maximum absolute atomic E-state index is 12.5. The zero-order valence-corrected chi connectivity index (χ0v) is 13.3. The molecule has 0 radical (unpaired) electrons. The summed E-state index contributed by atoms with van der Waals surface area (Å²) in [6.07, 6.45) is 5.17. The number of allylic oxidation sites excluding steroid dienone is 4. The SMILES string of the molecule is C=C(C(=O)c1cc(OC)c(OC)c(OC)c1)/C(N)=C\C=C/C. The third kappa shape index (κ3) is 3.69. The minimum atomic E-state index is -0.308. The number of carbonyl (C=O) groups is 1. The summed E-state index contributed by atoms with van der Waals surface area (Å²) in [5.41, 5.74) is 6.70. The molecule has 5 heteroatoms. The third-order valence-corrected chi connectivity index (χ3v) is 3.02. The van der Waals surface area contributed by atoms with E-state index in [1.54, 1.807) is 24.3 Å². The van der Waals surface area contributed by atoms with Gasteiger partial charge in [0.25, 0.3) is 0 Å². The van der Waals surface area contributed by atoms with Crippen LogP contribution in [0.15, 0.2) is 48.2 Å². The molecule has 1 aromatic carbocycles. The maximum Gasteiger partial charge on any atom is 0.203 e. The molecule has 2 N–H and O–H groups in total. The Morgan fingerprint density at radius 3 is 2.09 bits per heavy atom. The van der Waals surface area contributed by atoms with Gasteiger partial charge in [0, 0.05) is 16.8 Å². The van der Waals surface area contributed by atoms with Gasteiger partial charge in [-0.25, -0.2) is 0 Å². The van der Waals surface area contributed by atoms with Crippen LogP contribution in [0.1, 0.15) is 17.3 Å². The maximum atomic E-state index is 12.5. The molecule has 0 aromatic heterocycles. The number of nitrogens with two attached hydrogens (primary N) is 1. The third-order valence-electron chi connectivity index (χ3n) is 3.02. The Bertz CT molecular complexity index is 605. The fourth-order valence-electron chi connectivity index (χ4n) is 1.82. The van der Waals surface area contributed by atoms with Gasteiger partial charge in [0.15, 0.2) is 17.3 Å². The first-order chi connectivity index (χ1) is 10.5. The first-order valence-corrected chi connectivity index (χ1v) is 6.62. The van der Waals surface area contributed by atoms with Gasteiger partial charge in [0.05, 0.1) is 21.3 Å². The molecule has 0 aliphatic carbocycles. The molecule has 0 bridgehead atoms. The van der Waals surface area contributed by atoms with Gasteiger partial charge in [-0.05, 0) is 25.1 Å². The number of ether oxygens (including phenoxy) is 3. The molecule has 1 aromatic rings. The van der Waals surface area contributed by atoms with E-state index in [4.69, 9.17) is 19.9 Å². The second kappa shape index (κ2) is 7.93. The first-order valence-electron chi connectivity index (χ1n) is 6.62. The van der Waals surface area contributed by atoms with Crippen molar-refractivity contribution in [2.75, 3.05) is 21.3 Å². The predicted molar refractivity (Wildman–Crippen MR) is 86.7 cm³/mol. The quantitative estimate of drug-likeness (QED) is 0.476. The van der Waals surface area contributed by atoms with Crippen LogP contribution in [0.5, 0.6) is 17.2 Å². The van der Waals surface area contributed by atoms with Gasteiger partial charge in [0.1, 0.15) is 0 Å². The number of ketones is 1. The molecule has 22 heavy (non-hydrogen) atoms. The van der Waals surface area contributed by atoms with Crippen molar-refractivity contribution < 1.29 is 19.0 Å². The van der Waals surface area contributed by atoms with Crippen LogP contribution in [0.3, 0.4) is 0 Å². The Hall–Kier alpha value is -2.69. The lowest BCUT2D eigenvalue weighted by molar-refractivity contribution is 0.103. The largest absolute Gasteiger partial charge is 0.493 e. The fraction of sp³-hybridized carbons (Fsp3) is 0.235. The normalized spacial score (nSPS) is 11.4. The van der Waals surface area contributed by atoms with Gasteiger partial charge in [-0.1, -0.05) is 18.7 Å². The first kappa shape index (κ1) is 17.4. The van der Waals surface area contributed by atoms with Crippen LogP contribution in [-0.2, 0) is 0 Å². The van der Waals surface area contributed by atoms with Crippen LogP contribution in [-0.4, -0.2) is 27.1 Å². The molecule has 0 atom stereocenters. The molecule has 1 rings (SSSR count). The van der Waals surface area contributed by atoms with Crippen LogP contribution < -0.4 is 19.9 Å². The summed E-state index contributed by atoms with van der Waals surface area (Å²) < 4.78 is 15.7. The van der Waals surface area contributed by atoms with E-state index in [2.05, 4.69) is 6.58 Å². The highest BCUT2D eigenvalue weighted by Crippen LogP contribution is 2.38. The molecular weight excluding hydrogens is 282 g/mol. The van der Waals surface area contributed by atoms with E-state index in [9.17, 15) is 4.79 Å². The number of hydrogen-bond donors (Lipinski definition) is 1. The zero-order valence-electron chi connectivity index (χ0n) is 13.3. The molecule has 118 valence electrons. The minimum absolute atomic E-state index is 0.201. The van der Waals surface area contributed by atoms with Crippen molar-refractivity contribution in [3.05, 3.63) is 53.8 Å². The summed E-state index contributed by atoms with van der Waals surface area (Å²) in [5, 5.41) is 0. The van der Waals surface area contributed by atoms with Crippen LogP contribution in [0.2, 0.25) is 0 Å². The predicted octanol–water partition coefficient (Wildman–Crippen LogP) is 2.87. The summed E-state index contributed by atoms with van der Waals surface area (Å²) in [6, 6.07) is 3.13. The Morgan fingerprint density at radius 2 is 1.68 bits per heavy atom. The van der Waals surface area contributed by atoms with Crippen molar-refractivity contribution in [1.82, 2.24) is 0 Å². The monoisotopic (exact) mass is 303 g/mol. The summed E-state index contributed by atoms with van der Waals surface area (Å²) >= 11 is 0. The smallest absolute Gasteiger partial charge is 0.203 e. The molecule has 0 spiro atoms. The van der Waals surface area contributed by atoms with E-state index in [-0.39, 0.29) is 11.4 Å². The van der Waals surface area contributed by atoms with Crippen molar-refractivity contribution in [2.24, 2.45) is 5.73 Å². The fourth-order valence-corrected chi connectivity index (χ4v) is 1.82. The number of carbonyl (C=O) groups excluding carboxylic acids is 1. The van der Waals surface area contributed by atoms with E-state index in [1.165, 1.54) is 21.3 Å². The highest BCUT2D eigenvalue weighted by molar-refractivity contribution is 6.11. The second-order valence-corrected chi connectivity index (χ2v) is 4.37. The van der Waals surface area contributed by atoms with Crippen molar-refractivity contribution in [3.8, 4) is 17.2 Å².